The van der Waals surface area contributed by atoms with Crippen LogP contribution < -0.4 is 5.32 Å². The van der Waals surface area contributed by atoms with E-state index in [0.29, 0.717) is 6.04 Å². The number of rotatable bonds is 4. The number of piperidine rings is 1. The summed E-state index contributed by atoms with van der Waals surface area (Å²) >= 11 is 0. The molecule has 0 bridgehead atoms. The molecule has 0 aromatic heterocycles. The fraction of sp³-hybridized carbons (Fsp3) is 0.562. The predicted octanol–water partition coefficient (Wildman–Crippen LogP) is 3.15. The van der Waals surface area contributed by atoms with Crippen LogP contribution in [0.1, 0.15) is 37.3 Å². The van der Waals surface area contributed by atoms with Gasteiger partial charge in [-0.3, -0.25) is 0 Å². The summed E-state index contributed by atoms with van der Waals surface area (Å²) in [5, 5.41) is 12.7. The van der Waals surface area contributed by atoms with Crippen molar-refractivity contribution in [3.05, 3.63) is 29.3 Å². The van der Waals surface area contributed by atoms with Gasteiger partial charge in [-0.25, -0.2) is 0 Å². The van der Waals surface area contributed by atoms with Gasteiger partial charge >= 0.3 is 0 Å². The zero-order valence-corrected chi connectivity index (χ0v) is 11.9. The normalized spacial score (nSPS) is 17.7. The Morgan fingerprint density at radius 2 is 2.05 bits per heavy atom. The summed E-state index contributed by atoms with van der Waals surface area (Å²) in [7, 11) is 0. The van der Waals surface area contributed by atoms with Gasteiger partial charge in [-0.1, -0.05) is 18.6 Å². The van der Waals surface area contributed by atoms with Crippen LogP contribution in [0.15, 0.2) is 18.2 Å². The van der Waals surface area contributed by atoms with Crippen LogP contribution in [0.4, 0.5) is 5.69 Å². The van der Waals surface area contributed by atoms with E-state index in [4.69, 9.17) is 0 Å². The van der Waals surface area contributed by atoms with E-state index in [-0.39, 0.29) is 0 Å². The molecule has 1 aliphatic heterocycles. The van der Waals surface area contributed by atoms with Crippen LogP contribution in [0.25, 0.3) is 0 Å². The lowest BCUT2D eigenvalue weighted by atomic mass is 10.1. The maximum Gasteiger partial charge on any atom is 0.101 e. The number of nitrogens with zero attached hydrogens (tertiary/aromatic N) is 2. The van der Waals surface area contributed by atoms with Crippen molar-refractivity contribution in [2.45, 2.75) is 39.2 Å². The molecule has 1 N–H and O–H groups in total. The number of nitrogens with one attached hydrogen (secondary N) is 1. The largest absolute Gasteiger partial charge is 0.380 e. The first-order valence-electron chi connectivity index (χ1n) is 7.19. The van der Waals surface area contributed by atoms with Crippen molar-refractivity contribution in [3.63, 3.8) is 0 Å². The topological polar surface area (TPSA) is 39.1 Å². The first kappa shape index (κ1) is 13.9. The summed E-state index contributed by atoms with van der Waals surface area (Å²) in [5.74, 6) is 0. The number of hydrogen-bond donors (Lipinski definition) is 1. The lowest BCUT2D eigenvalue weighted by Gasteiger charge is -2.30. The fourth-order valence-electron chi connectivity index (χ4n) is 2.77. The van der Waals surface area contributed by atoms with Crippen molar-refractivity contribution in [3.8, 4) is 6.07 Å². The molecule has 3 heteroatoms. The van der Waals surface area contributed by atoms with Gasteiger partial charge in [-0.15, -0.1) is 0 Å². The molecule has 0 radical (unpaired) electrons. The average Bonchev–Trinajstić information content (AvgIpc) is 2.42. The fourth-order valence-corrected chi connectivity index (χ4v) is 2.77. The number of hydrogen-bond acceptors (Lipinski definition) is 3. The Balaban J connectivity index is 1.98. The van der Waals surface area contributed by atoms with Crippen molar-refractivity contribution in [2.24, 2.45) is 0 Å². The number of aryl methyl sites for hydroxylation is 1. The lowest BCUT2D eigenvalue weighted by molar-refractivity contribution is 0.223. The summed E-state index contributed by atoms with van der Waals surface area (Å²) in [6.07, 6.45) is 4.01. The van der Waals surface area contributed by atoms with E-state index in [2.05, 4.69) is 36.2 Å². The third kappa shape index (κ3) is 3.71. The molecule has 1 aromatic rings. The van der Waals surface area contributed by atoms with Gasteiger partial charge in [0.05, 0.1) is 11.3 Å². The molecule has 1 aliphatic rings. The highest BCUT2D eigenvalue weighted by Crippen LogP contribution is 2.21. The molecule has 1 unspecified atom stereocenters. The third-order valence-corrected chi connectivity index (χ3v) is 3.76. The monoisotopic (exact) mass is 257 g/mol. The van der Waals surface area contributed by atoms with Crippen LogP contribution in [0.2, 0.25) is 0 Å². The van der Waals surface area contributed by atoms with Gasteiger partial charge in [-0.2, -0.15) is 5.26 Å². The maximum absolute atomic E-state index is 9.18. The van der Waals surface area contributed by atoms with E-state index in [0.717, 1.165) is 23.4 Å². The Morgan fingerprint density at radius 3 is 2.74 bits per heavy atom. The van der Waals surface area contributed by atoms with E-state index >= 15 is 0 Å². The molecule has 1 aromatic carbocycles. The van der Waals surface area contributed by atoms with Gasteiger partial charge in [0.1, 0.15) is 6.07 Å². The second kappa shape index (κ2) is 6.58. The number of benzene rings is 1. The number of likely N-dealkylation sites (tertiary alicyclic amines) is 1. The molecule has 0 amide bonds. The van der Waals surface area contributed by atoms with Crippen LogP contribution in [0, 0.1) is 18.3 Å². The summed E-state index contributed by atoms with van der Waals surface area (Å²) in [6, 6.07) is 8.51. The molecule has 1 saturated heterocycles. The molecule has 0 saturated carbocycles. The molecule has 3 nitrogen and oxygen atoms in total. The molecule has 1 fully saturated rings. The van der Waals surface area contributed by atoms with E-state index in [9.17, 15) is 5.26 Å². The second-order valence-corrected chi connectivity index (χ2v) is 5.52. The van der Waals surface area contributed by atoms with Gasteiger partial charge in [0.2, 0.25) is 0 Å². The van der Waals surface area contributed by atoms with E-state index in [1.165, 1.54) is 32.4 Å². The summed E-state index contributed by atoms with van der Waals surface area (Å²) in [6.45, 7) is 7.73. The van der Waals surface area contributed by atoms with Crippen LogP contribution in [-0.2, 0) is 0 Å². The minimum Gasteiger partial charge on any atom is -0.380 e. The van der Waals surface area contributed by atoms with Gasteiger partial charge < -0.3 is 10.2 Å². The van der Waals surface area contributed by atoms with E-state index < -0.39 is 0 Å². The van der Waals surface area contributed by atoms with Crippen LogP contribution >= 0.6 is 0 Å². The van der Waals surface area contributed by atoms with Gasteiger partial charge in [0.25, 0.3) is 0 Å². The zero-order chi connectivity index (χ0) is 13.7. The molecule has 0 aliphatic carbocycles. The highest BCUT2D eigenvalue weighted by atomic mass is 15.1. The van der Waals surface area contributed by atoms with Crippen molar-refractivity contribution in [1.82, 2.24) is 4.90 Å². The highest BCUT2D eigenvalue weighted by Gasteiger charge is 2.14. The summed E-state index contributed by atoms with van der Waals surface area (Å²) < 4.78 is 0. The number of para-hydroxylation sites is 1. The van der Waals surface area contributed by atoms with Crippen LogP contribution in [0.3, 0.4) is 0 Å². The van der Waals surface area contributed by atoms with Crippen LogP contribution in [-0.4, -0.2) is 30.6 Å². The molecular weight excluding hydrogens is 234 g/mol. The first-order valence-corrected chi connectivity index (χ1v) is 7.19. The molecule has 2 rings (SSSR count). The molecule has 102 valence electrons. The van der Waals surface area contributed by atoms with Crippen molar-refractivity contribution < 1.29 is 0 Å². The first-order chi connectivity index (χ1) is 9.20. The molecule has 1 heterocycles. The minimum atomic E-state index is 0.367. The smallest absolute Gasteiger partial charge is 0.101 e. The average molecular weight is 257 g/mol. The Kier molecular flexibility index (Phi) is 4.81. The maximum atomic E-state index is 9.18. The number of nitriles is 1. The molecule has 19 heavy (non-hydrogen) atoms. The Bertz CT molecular complexity index is 456. The van der Waals surface area contributed by atoms with Crippen molar-refractivity contribution in [2.75, 3.05) is 25.0 Å². The van der Waals surface area contributed by atoms with E-state index in [1.807, 2.05) is 12.1 Å². The Labute approximate surface area is 116 Å². The second-order valence-electron chi connectivity index (χ2n) is 5.52. The number of anilines is 1. The third-order valence-electron chi connectivity index (χ3n) is 3.76. The predicted molar refractivity (Wildman–Crippen MR) is 79.3 cm³/mol. The van der Waals surface area contributed by atoms with E-state index in [1.54, 1.807) is 0 Å². The standard InChI is InChI=1S/C16H23N3/c1-13-7-6-8-15(11-17)16(13)18-14(2)12-19-9-4-3-5-10-19/h6-8,14,18H,3-5,9-10,12H2,1-2H3. The summed E-state index contributed by atoms with van der Waals surface area (Å²) in [4.78, 5) is 2.52. The van der Waals surface area contributed by atoms with Crippen LogP contribution in [0.5, 0.6) is 0 Å². The molecule has 1 atom stereocenters. The van der Waals surface area contributed by atoms with Gasteiger partial charge in [0.15, 0.2) is 0 Å². The Morgan fingerprint density at radius 1 is 1.32 bits per heavy atom. The van der Waals surface area contributed by atoms with Crippen molar-refractivity contribution >= 4 is 5.69 Å². The SMILES string of the molecule is Cc1cccc(C#N)c1NC(C)CN1CCCCC1. The molecular formula is C16H23N3. The lowest BCUT2D eigenvalue weighted by Crippen LogP contribution is -2.38. The Hall–Kier alpha value is -1.53. The highest BCUT2D eigenvalue weighted by molar-refractivity contribution is 5.62. The minimum absolute atomic E-state index is 0.367. The quantitative estimate of drug-likeness (QED) is 0.900. The summed E-state index contributed by atoms with van der Waals surface area (Å²) in [5.41, 5.74) is 2.88. The molecule has 0 spiro atoms. The van der Waals surface area contributed by atoms with Crippen molar-refractivity contribution in [1.29, 1.82) is 5.26 Å². The van der Waals surface area contributed by atoms with Gasteiger partial charge in [0, 0.05) is 12.6 Å². The zero-order valence-electron chi connectivity index (χ0n) is 11.9. The van der Waals surface area contributed by atoms with Gasteiger partial charge in [-0.05, 0) is 51.4 Å².